The van der Waals surface area contributed by atoms with Crippen LogP contribution in [0.3, 0.4) is 0 Å². The first-order valence-corrected chi connectivity index (χ1v) is 12.0. The molecule has 1 aliphatic heterocycles. The minimum atomic E-state index is -0.750. The SMILES string of the molecule is CC(NC(=O)Cc1ccc(Cl)cc1Cl)C(=O)N[C@@H]1CN(C)c2ccccc2C(c2ccccc2)=N1. The summed E-state index contributed by atoms with van der Waals surface area (Å²) in [5, 5.41) is 6.64. The third kappa shape index (κ3) is 6.02. The van der Waals surface area contributed by atoms with Crippen LogP contribution >= 0.6 is 23.2 Å². The number of rotatable bonds is 6. The number of benzene rings is 3. The first-order valence-electron chi connectivity index (χ1n) is 11.3. The largest absolute Gasteiger partial charge is 0.370 e. The molecule has 1 heterocycles. The van der Waals surface area contributed by atoms with E-state index in [0.717, 1.165) is 22.5 Å². The van der Waals surface area contributed by atoms with E-state index in [9.17, 15) is 9.59 Å². The predicted molar refractivity (Wildman–Crippen MR) is 141 cm³/mol. The maximum absolute atomic E-state index is 13.0. The number of hydrogen-bond donors (Lipinski definition) is 2. The highest BCUT2D eigenvalue weighted by molar-refractivity contribution is 6.35. The van der Waals surface area contributed by atoms with Crippen molar-refractivity contribution >= 4 is 46.4 Å². The number of para-hydroxylation sites is 1. The van der Waals surface area contributed by atoms with E-state index >= 15 is 0 Å². The zero-order valence-electron chi connectivity index (χ0n) is 19.5. The molecule has 8 heteroatoms. The van der Waals surface area contributed by atoms with Crippen LogP contribution in [0.25, 0.3) is 0 Å². The summed E-state index contributed by atoms with van der Waals surface area (Å²) in [6.45, 7) is 2.13. The van der Waals surface area contributed by atoms with Gasteiger partial charge in [0.1, 0.15) is 12.2 Å². The summed E-state index contributed by atoms with van der Waals surface area (Å²) in [7, 11) is 1.97. The Morgan fingerprint density at radius 3 is 2.51 bits per heavy atom. The van der Waals surface area contributed by atoms with E-state index in [2.05, 4.69) is 15.5 Å². The number of amides is 2. The highest BCUT2D eigenvalue weighted by Crippen LogP contribution is 2.26. The van der Waals surface area contributed by atoms with Gasteiger partial charge in [-0.05, 0) is 30.7 Å². The first kappa shape index (κ1) is 24.8. The quantitative estimate of drug-likeness (QED) is 0.515. The second-order valence-electron chi connectivity index (χ2n) is 8.47. The van der Waals surface area contributed by atoms with E-state index in [1.807, 2.05) is 61.6 Å². The van der Waals surface area contributed by atoms with Crippen LogP contribution in [0.2, 0.25) is 10.0 Å². The lowest BCUT2D eigenvalue weighted by Gasteiger charge is -2.24. The summed E-state index contributed by atoms with van der Waals surface area (Å²) in [5.41, 5.74) is 4.45. The maximum Gasteiger partial charge on any atom is 0.243 e. The Hall–Kier alpha value is -3.35. The van der Waals surface area contributed by atoms with Crippen molar-refractivity contribution in [2.45, 2.75) is 25.6 Å². The summed E-state index contributed by atoms with van der Waals surface area (Å²) < 4.78 is 0. The fourth-order valence-electron chi connectivity index (χ4n) is 4.02. The molecule has 0 bridgehead atoms. The van der Waals surface area contributed by atoms with Crippen LogP contribution in [0.5, 0.6) is 0 Å². The fourth-order valence-corrected chi connectivity index (χ4v) is 4.50. The fraction of sp³-hybridized carbons (Fsp3) is 0.222. The van der Waals surface area contributed by atoms with Crippen LogP contribution in [-0.4, -0.2) is 43.3 Å². The van der Waals surface area contributed by atoms with Crippen molar-refractivity contribution < 1.29 is 9.59 Å². The van der Waals surface area contributed by atoms with Gasteiger partial charge in [-0.1, -0.05) is 77.8 Å². The number of benzodiazepines with no additional fused rings is 1. The van der Waals surface area contributed by atoms with E-state index < -0.39 is 12.2 Å². The molecule has 6 nitrogen and oxygen atoms in total. The highest BCUT2D eigenvalue weighted by atomic mass is 35.5. The Morgan fingerprint density at radius 1 is 1.06 bits per heavy atom. The monoisotopic (exact) mass is 508 g/mol. The topological polar surface area (TPSA) is 73.8 Å². The van der Waals surface area contributed by atoms with Gasteiger partial charge in [0.05, 0.1) is 18.7 Å². The van der Waals surface area contributed by atoms with Crippen LogP contribution in [0, 0.1) is 0 Å². The number of likely N-dealkylation sites (N-methyl/N-ethyl adjacent to an activating group) is 1. The van der Waals surface area contributed by atoms with E-state index in [-0.39, 0.29) is 18.2 Å². The van der Waals surface area contributed by atoms with Gasteiger partial charge < -0.3 is 15.5 Å². The summed E-state index contributed by atoms with van der Waals surface area (Å²) in [5.74, 6) is -0.628. The Labute approximate surface area is 215 Å². The number of hydrogen-bond acceptors (Lipinski definition) is 4. The zero-order chi connectivity index (χ0) is 24.9. The Balaban J connectivity index is 1.48. The number of fused-ring (bicyclic) bond motifs is 1. The molecule has 0 radical (unpaired) electrons. The molecule has 0 saturated carbocycles. The van der Waals surface area contributed by atoms with E-state index in [1.54, 1.807) is 25.1 Å². The Kier molecular flexibility index (Phi) is 7.73. The van der Waals surface area contributed by atoms with Crippen molar-refractivity contribution in [3.63, 3.8) is 0 Å². The van der Waals surface area contributed by atoms with Gasteiger partial charge in [-0.15, -0.1) is 0 Å². The lowest BCUT2D eigenvalue weighted by Crippen LogP contribution is -2.50. The molecule has 3 aromatic rings. The molecule has 180 valence electrons. The van der Waals surface area contributed by atoms with Gasteiger partial charge in [0.25, 0.3) is 0 Å². The molecule has 3 aromatic carbocycles. The average Bonchev–Trinajstić information content (AvgIpc) is 2.98. The van der Waals surface area contributed by atoms with Gasteiger partial charge in [0.2, 0.25) is 11.8 Å². The van der Waals surface area contributed by atoms with Gasteiger partial charge >= 0.3 is 0 Å². The molecule has 2 amide bonds. The van der Waals surface area contributed by atoms with Gasteiger partial charge in [-0.25, -0.2) is 0 Å². The number of halogens is 2. The van der Waals surface area contributed by atoms with Crippen molar-refractivity contribution in [1.82, 2.24) is 10.6 Å². The number of aliphatic imine (C=N–C) groups is 1. The maximum atomic E-state index is 13.0. The number of carbonyl (C=O) groups is 2. The van der Waals surface area contributed by atoms with E-state index in [0.29, 0.717) is 22.2 Å². The van der Waals surface area contributed by atoms with Crippen LogP contribution in [0.4, 0.5) is 5.69 Å². The third-order valence-electron chi connectivity index (χ3n) is 5.80. The summed E-state index contributed by atoms with van der Waals surface area (Å²) in [4.78, 5) is 32.5. The molecular weight excluding hydrogens is 483 g/mol. The lowest BCUT2D eigenvalue weighted by molar-refractivity contribution is -0.128. The van der Waals surface area contributed by atoms with Crippen molar-refractivity contribution in [2.75, 3.05) is 18.5 Å². The van der Waals surface area contributed by atoms with Crippen molar-refractivity contribution in [2.24, 2.45) is 4.99 Å². The molecule has 0 aliphatic carbocycles. The minimum Gasteiger partial charge on any atom is -0.370 e. The van der Waals surface area contributed by atoms with E-state index in [1.165, 1.54) is 0 Å². The zero-order valence-corrected chi connectivity index (χ0v) is 21.0. The second-order valence-corrected chi connectivity index (χ2v) is 9.31. The van der Waals surface area contributed by atoms with Crippen molar-refractivity contribution in [3.8, 4) is 0 Å². The van der Waals surface area contributed by atoms with Crippen molar-refractivity contribution in [3.05, 3.63) is 99.5 Å². The first-order chi connectivity index (χ1) is 16.8. The smallest absolute Gasteiger partial charge is 0.243 e. The molecule has 0 aromatic heterocycles. The molecule has 2 atom stereocenters. The number of carbonyl (C=O) groups excluding carboxylic acids is 2. The molecule has 2 N–H and O–H groups in total. The predicted octanol–water partition coefficient (Wildman–Crippen LogP) is 4.47. The van der Waals surface area contributed by atoms with E-state index in [4.69, 9.17) is 28.2 Å². The number of nitrogens with zero attached hydrogens (tertiary/aromatic N) is 2. The molecule has 0 fully saturated rings. The summed E-state index contributed by atoms with van der Waals surface area (Å²) >= 11 is 12.1. The summed E-state index contributed by atoms with van der Waals surface area (Å²) in [6, 6.07) is 22.2. The van der Waals surface area contributed by atoms with Crippen LogP contribution in [0.1, 0.15) is 23.6 Å². The minimum absolute atomic E-state index is 0.0470. The molecule has 35 heavy (non-hydrogen) atoms. The van der Waals surface area contributed by atoms with Crippen LogP contribution in [0.15, 0.2) is 77.8 Å². The number of anilines is 1. The molecule has 4 rings (SSSR count). The van der Waals surface area contributed by atoms with Crippen LogP contribution in [-0.2, 0) is 16.0 Å². The van der Waals surface area contributed by atoms with Gasteiger partial charge in [0, 0.05) is 33.9 Å². The van der Waals surface area contributed by atoms with Gasteiger partial charge in [-0.3, -0.25) is 14.6 Å². The Morgan fingerprint density at radius 2 is 1.77 bits per heavy atom. The third-order valence-corrected chi connectivity index (χ3v) is 6.38. The lowest BCUT2D eigenvalue weighted by atomic mass is 10.0. The average molecular weight is 509 g/mol. The van der Waals surface area contributed by atoms with Gasteiger partial charge in [-0.2, -0.15) is 0 Å². The van der Waals surface area contributed by atoms with Crippen molar-refractivity contribution in [1.29, 1.82) is 0 Å². The molecule has 1 aliphatic rings. The number of nitrogens with one attached hydrogen (secondary N) is 2. The second kappa shape index (κ2) is 10.9. The van der Waals surface area contributed by atoms with Crippen LogP contribution < -0.4 is 15.5 Å². The highest BCUT2D eigenvalue weighted by Gasteiger charge is 2.25. The normalized spacial score (nSPS) is 15.9. The molecule has 0 spiro atoms. The standard InChI is InChI=1S/C27H26Cl2N4O2/c1-17(30-25(34)14-19-12-13-20(28)15-22(19)29)27(35)32-24-16-33(2)23-11-7-6-10-21(23)26(31-24)18-8-4-3-5-9-18/h3-13,15,17,24H,14,16H2,1-2H3,(H,30,34)(H,32,35)/t17?,24-/m1/s1. The molecule has 1 unspecified atom stereocenters. The Bertz CT molecular complexity index is 1260. The van der Waals surface area contributed by atoms with Gasteiger partial charge in [0.15, 0.2) is 0 Å². The summed E-state index contributed by atoms with van der Waals surface area (Å²) in [6.07, 6.45) is -0.453. The molecule has 0 saturated heterocycles. The molecular formula is C27H26Cl2N4O2.